The number of nitrogens with one attached hydrogen (secondary N) is 3. The van der Waals surface area contributed by atoms with Crippen molar-refractivity contribution in [2.45, 2.75) is 44.2 Å². The molecular formula is C29H27Cl2F2N5O4. The van der Waals surface area contributed by atoms with Crippen molar-refractivity contribution < 1.29 is 27.9 Å². The molecule has 3 N–H and O–H groups in total. The number of imidazole rings is 1. The fourth-order valence-electron chi connectivity index (χ4n) is 5.16. The number of benzene rings is 2. The highest BCUT2D eigenvalue weighted by Crippen LogP contribution is 2.38. The maximum atomic E-state index is 14.7. The minimum absolute atomic E-state index is 0.0120. The van der Waals surface area contributed by atoms with E-state index in [4.69, 9.17) is 32.9 Å². The SMILES string of the molecule is COC(=O)Cc1ccc2c(c1)NC(=O)CC/C=C/C[C@H](N1CC[C@@H](c3c(F)ccc(Cl)c3F)NC1=O)c1nc-2c(Cl)[nH]1. The topological polar surface area (TPSA) is 116 Å². The van der Waals surface area contributed by atoms with Crippen molar-refractivity contribution in [3.8, 4) is 11.3 Å². The molecule has 9 nitrogen and oxygen atoms in total. The molecule has 42 heavy (non-hydrogen) atoms. The molecule has 0 aliphatic carbocycles. The number of urea groups is 1. The van der Waals surface area contributed by atoms with Gasteiger partial charge in [-0.15, -0.1) is 0 Å². The molecule has 0 spiro atoms. The van der Waals surface area contributed by atoms with Crippen molar-refractivity contribution >= 4 is 46.8 Å². The van der Waals surface area contributed by atoms with E-state index in [-0.39, 0.29) is 47.5 Å². The molecule has 3 amide bonds. The molecule has 2 bridgehead atoms. The van der Waals surface area contributed by atoms with Gasteiger partial charge in [-0.05, 0) is 43.0 Å². The largest absolute Gasteiger partial charge is 0.469 e. The summed E-state index contributed by atoms with van der Waals surface area (Å²) in [6.45, 7) is 0.168. The van der Waals surface area contributed by atoms with Gasteiger partial charge in [-0.3, -0.25) is 9.59 Å². The standard InChI is InChI=1S/C29H27Cl2F2N5O4/c1-42-23(40)14-15-7-8-16-20(13-15)34-22(39)6-4-2-3-5-21(28-36-26(16)27(31)37-28)38-12-11-19(35-29(38)41)24-18(32)10-9-17(30)25(24)33/h2-3,7-10,13,19,21H,4-6,11-12,14H2,1H3,(H,34,39)(H,35,41)(H,36,37)/b3-2+/t19-,21-/m0/s1. The average Bonchev–Trinajstić information content (AvgIpc) is 3.34. The first-order valence-corrected chi connectivity index (χ1v) is 14.0. The minimum Gasteiger partial charge on any atom is -0.469 e. The van der Waals surface area contributed by atoms with Crippen LogP contribution in [-0.2, 0) is 20.7 Å². The summed E-state index contributed by atoms with van der Waals surface area (Å²) in [6, 6.07) is 5.26. The van der Waals surface area contributed by atoms with Crippen LogP contribution in [0.2, 0.25) is 10.2 Å². The average molecular weight is 618 g/mol. The number of hydrogen-bond acceptors (Lipinski definition) is 5. The van der Waals surface area contributed by atoms with Crippen molar-refractivity contribution in [1.82, 2.24) is 20.2 Å². The third-order valence-electron chi connectivity index (χ3n) is 7.27. The van der Waals surface area contributed by atoms with E-state index >= 15 is 0 Å². The normalized spacial score (nSPS) is 19.9. The summed E-state index contributed by atoms with van der Waals surface area (Å²) >= 11 is 12.5. The lowest BCUT2D eigenvalue weighted by atomic mass is 9.99. The van der Waals surface area contributed by atoms with Gasteiger partial charge in [0.1, 0.15) is 28.3 Å². The Morgan fingerprint density at radius 1 is 1.17 bits per heavy atom. The fourth-order valence-corrected chi connectivity index (χ4v) is 5.57. The van der Waals surface area contributed by atoms with Gasteiger partial charge < -0.3 is 25.3 Å². The number of aromatic amines is 1. The minimum atomic E-state index is -0.906. The number of allylic oxidation sites excluding steroid dienone is 1. The first-order valence-electron chi connectivity index (χ1n) is 13.3. The molecule has 0 radical (unpaired) electrons. The maximum absolute atomic E-state index is 14.7. The van der Waals surface area contributed by atoms with Crippen molar-refractivity contribution in [3.63, 3.8) is 0 Å². The summed E-state index contributed by atoms with van der Waals surface area (Å²) in [5, 5.41) is 5.55. The lowest BCUT2D eigenvalue weighted by molar-refractivity contribution is -0.139. The number of rotatable bonds is 4. The zero-order valence-electron chi connectivity index (χ0n) is 22.5. The smallest absolute Gasteiger partial charge is 0.318 e. The van der Waals surface area contributed by atoms with Crippen LogP contribution in [0.3, 0.4) is 0 Å². The van der Waals surface area contributed by atoms with E-state index in [1.165, 1.54) is 12.0 Å². The Morgan fingerprint density at radius 3 is 2.74 bits per heavy atom. The number of esters is 1. The molecule has 3 heterocycles. The molecule has 1 saturated heterocycles. The number of hydrogen-bond donors (Lipinski definition) is 3. The van der Waals surface area contributed by atoms with E-state index in [0.29, 0.717) is 41.2 Å². The number of nitrogens with zero attached hydrogens (tertiary/aromatic N) is 2. The Labute approximate surface area is 250 Å². The van der Waals surface area contributed by atoms with E-state index < -0.39 is 35.7 Å². The molecule has 2 aliphatic rings. The summed E-state index contributed by atoms with van der Waals surface area (Å²) in [6.07, 6.45) is 4.90. The molecule has 0 unspecified atom stereocenters. The second-order valence-corrected chi connectivity index (χ2v) is 10.8. The number of amides is 3. The molecule has 1 aromatic heterocycles. The van der Waals surface area contributed by atoms with Gasteiger partial charge in [-0.1, -0.05) is 47.5 Å². The molecule has 2 atom stereocenters. The van der Waals surface area contributed by atoms with Crippen LogP contribution in [-0.4, -0.2) is 46.4 Å². The first kappa shape index (κ1) is 29.5. The van der Waals surface area contributed by atoms with Gasteiger partial charge >= 0.3 is 12.0 Å². The van der Waals surface area contributed by atoms with Crippen LogP contribution in [0.15, 0.2) is 42.5 Å². The van der Waals surface area contributed by atoms with E-state index in [0.717, 1.165) is 12.1 Å². The Bertz CT molecular complexity index is 1580. The van der Waals surface area contributed by atoms with E-state index in [1.807, 2.05) is 12.2 Å². The number of aromatic nitrogens is 2. The molecule has 2 aliphatic heterocycles. The van der Waals surface area contributed by atoms with Crippen LogP contribution >= 0.6 is 23.2 Å². The molecular weight excluding hydrogens is 591 g/mol. The number of ether oxygens (including phenoxy) is 1. The monoisotopic (exact) mass is 617 g/mol. The number of methoxy groups -OCH3 is 1. The lowest BCUT2D eigenvalue weighted by Crippen LogP contribution is -2.49. The van der Waals surface area contributed by atoms with Gasteiger partial charge in [0.15, 0.2) is 0 Å². The van der Waals surface area contributed by atoms with E-state index in [2.05, 4.69) is 15.6 Å². The van der Waals surface area contributed by atoms with Gasteiger partial charge in [0.2, 0.25) is 5.91 Å². The van der Waals surface area contributed by atoms with E-state index in [1.54, 1.807) is 18.2 Å². The second-order valence-electron chi connectivity index (χ2n) is 9.97. The van der Waals surface area contributed by atoms with Crippen LogP contribution in [0, 0.1) is 11.6 Å². The molecule has 1 fully saturated rings. The number of H-pyrrole nitrogens is 1. The van der Waals surface area contributed by atoms with E-state index in [9.17, 15) is 23.2 Å². The summed E-state index contributed by atoms with van der Waals surface area (Å²) in [5.74, 6) is -1.97. The third kappa shape index (κ3) is 6.12. The molecule has 220 valence electrons. The Balaban J connectivity index is 1.48. The number of fused-ring (bicyclic) bond motifs is 4. The predicted octanol–water partition coefficient (Wildman–Crippen LogP) is 6.25. The Morgan fingerprint density at radius 2 is 1.98 bits per heavy atom. The van der Waals surface area contributed by atoms with Crippen LogP contribution in [0.1, 0.15) is 54.7 Å². The van der Waals surface area contributed by atoms with Gasteiger partial charge in [0.05, 0.1) is 36.3 Å². The van der Waals surface area contributed by atoms with Crippen molar-refractivity contribution in [1.29, 1.82) is 0 Å². The molecule has 13 heteroatoms. The summed E-state index contributed by atoms with van der Waals surface area (Å²) in [4.78, 5) is 47.3. The van der Waals surface area contributed by atoms with Crippen LogP contribution in [0.5, 0.6) is 0 Å². The Hall–Kier alpha value is -3.96. The third-order valence-corrected chi connectivity index (χ3v) is 7.83. The summed E-state index contributed by atoms with van der Waals surface area (Å²) in [7, 11) is 1.30. The summed E-state index contributed by atoms with van der Waals surface area (Å²) in [5.41, 5.74) is 1.63. The molecule has 3 aromatic rings. The van der Waals surface area contributed by atoms with Gasteiger partial charge in [0.25, 0.3) is 0 Å². The van der Waals surface area contributed by atoms with Crippen molar-refractivity contribution in [2.75, 3.05) is 19.0 Å². The predicted molar refractivity (Wildman–Crippen MR) is 153 cm³/mol. The molecule has 0 saturated carbocycles. The maximum Gasteiger partial charge on any atom is 0.318 e. The van der Waals surface area contributed by atoms with Crippen molar-refractivity contribution in [3.05, 3.63) is 81.2 Å². The molecule has 5 rings (SSSR count). The Kier molecular flexibility index (Phi) is 8.79. The highest BCUT2D eigenvalue weighted by Gasteiger charge is 2.36. The zero-order chi connectivity index (χ0) is 30.0. The molecule has 2 aromatic carbocycles. The first-order chi connectivity index (χ1) is 20.2. The second kappa shape index (κ2) is 12.5. The number of halogens is 4. The number of anilines is 1. The number of carbonyl (C=O) groups excluding carboxylic acids is 3. The highest BCUT2D eigenvalue weighted by atomic mass is 35.5. The van der Waals surface area contributed by atoms with Gasteiger partial charge in [-0.2, -0.15) is 0 Å². The van der Waals surface area contributed by atoms with Crippen molar-refractivity contribution in [2.24, 2.45) is 0 Å². The van der Waals surface area contributed by atoms with Crippen LogP contribution in [0.25, 0.3) is 11.3 Å². The van der Waals surface area contributed by atoms with Gasteiger partial charge in [-0.25, -0.2) is 18.6 Å². The quantitative estimate of drug-likeness (QED) is 0.182. The zero-order valence-corrected chi connectivity index (χ0v) is 24.0. The highest BCUT2D eigenvalue weighted by molar-refractivity contribution is 6.32. The van der Waals surface area contributed by atoms with Crippen LogP contribution < -0.4 is 10.6 Å². The fraction of sp³-hybridized carbons (Fsp3) is 0.310. The summed E-state index contributed by atoms with van der Waals surface area (Å²) < 4.78 is 34.0. The van der Waals surface area contributed by atoms with Crippen LogP contribution in [0.4, 0.5) is 19.3 Å². The van der Waals surface area contributed by atoms with Gasteiger partial charge in [0, 0.05) is 24.1 Å². The lowest BCUT2D eigenvalue weighted by Gasteiger charge is -2.37. The number of carbonyl (C=O) groups is 3.